The van der Waals surface area contributed by atoms with Crippen LogP contribution in [0.1, 0.15) is 34.5 Å². The van der Waals surface area contributed by atoms with E-state index in [4.69, 9.17) is 0 Å². The van der Waals surface area contributed by atoms with E-state index in [1.807, 2.05) is 17.5 Å². The van der Waals surface area contributed by atoms with E-state index >= 15 is 0 Å². The fourth-order valence-corrected chi connectivity index (χ4v) is 4.30. The average molecular weight is 354 g/mol. The number of fused-ring (bicyclic) bond motifs is 2. The van der Waals surface area contributed by atoms with Crippen LogP contribution in [0, 0.1) is 0 Å². The standard InChI is InChI=1S/C19H18N2O3S/c22-17(12-13-6-5-11-25-13)21-15-8-2-1-7-14(15)18(23)20-10-4-3-9-16(20)19(21)24/h1-2,5-8,11,16H,3-4,9-10,12H2. The Morgan fingerprint density at radius 2 is 1.96 bits per heavy atom. The van der Waals surface area contributed by atoms with Gasteiger partial charge in [0.2, 0.25) is 5.91 Å². The molecule has 0 radical (unpaired) electrons. The molecule has 2 aliphatic rings. The van der Waals surface area contributed by atoms with Crippen LogP contribution in [-0.2, 0) is 16.0 Å². The number of hydrogen-bond acceptors (Lipinski definition) is 4. The maximum Gasteiger partial charge on any atom is 0.256 e. The second-order valence-corrected chi connectivity index (χ2v) is 7.38. The maximum atomic E-state index is 13.2. The van der Waals surface area contributed by atoms with E-state index < -0.39 is 6.04 Å². The van der Waals surface area contributed by atoms with Crippen molar-refractivity contribution in [3.8, 4) is 0 Å². The predicted octanol–water partition coefficient (Wildman–Crippen LogP) is 2.86. The molecule has 25 heavy (non-hydrogen) atoms. The van der Waals surface area contributed by atoms with Crippen LogP contribution < -0.4 is 4.90 Å². The zero-order chi connectivity index (χ0) is 17.4. The second-order valence-electron chi connectivity index (χ2n) is 6.35. The Morgan fingerprint density at radius 3 is 2.76 bits per heavy atom. The van der Waals surface area contributed by atoms with Gasteiger partial charge in [-0.1, -0.05) is 18.2 Å². The third kappa shape index (κ3) is 2.76. The van der Waals surface area contributed by atoms with Crippen LogP contribution in [0.3, 0.4) is 0 Å². The first kappa shape index (κ1) is 16.0. The fourth-order valence-electron chi connectivity index (χ4n) is 3.60. The van der Waals surface area contributed by atoms with E-state index in [2.05, 4.69) is 0 Å². The summed E-state index contributed by atoms with van der Waals surface area (Å²) in [6.07, 6.45) is 2.56. The highest BCUT2D eigenvalue weighted by molar-refractivity contribution is 7.10. The van der Waals surface area contributed by atoms with Gasteiger partial charge in [0, 0.05) is 11.4 Å². The Bertz CT molecular complexity index is 831. The van der Waals surface area contributed by atoms with Crippen LogP contribution in [0.25, 0.3) is 0 Å². The summed E-state index contributed by atoms with van der Waals surface area (Å²) >= 11 is 1.49. The Morgan fingerprint density at radius 1 is 1.12 bits per heavy atom. The van der Waals surface area contributed by atoms with Gasteiger partial charge in [0.1, 0.15) is 6.04 Å². The van der Waals surface area contributed by atoms with Crippen molar-refractivity contribution in [1.29, 1.82) is 0 Å². The van der Waals surface area contributed by atoms with Crippen molar-refractivity contribution in [3.63, 3.8) is 0 Å². The molecule has 128 valence electrons. The number of carbonyl (C=O) groups is 3. The molecular formula is C19H18N2O3S. The number of rotatable bonds is 2. The van der Waals surface area contributed by atoms with Gasteiger partial charge in [-0.15, -0.1) is 11.3 Å². The number of para-hydroxylation sites is 1. The molecule has 1 saturated heterocycles. The number of amides is 3. The summed E-state index contributed by atoms with van der Waals surface area (Å²) in [6.45, 7) is 0.566. The van der Waals surface area contributed by atoms with Gasteiger partial charge in [-0.25, -0.2) is 4.90 Å². The fraction of sp³-hybridized carbons (Fsp3) is 0.316. The highest BCUT2D eigenvalue weighted by atomic mass is 32.1. The third-order valence-corrected chi connectivity index (χ3v) is 5.68. The summed E-state index contributed by atoms with van der Waals surface area (Å²) in [5, 5.41) is 1.91. The zero-order valence-corrected chi connectivity index (χ0v) is 14.5. The van der Waals surface area contributed by atoms with Gasteiger partial charge in [-0.05, 0) is 42.8 Å². The van der Waals surface area contributed by atoms with E-state index in [0.717, 1.165) is 17.7 Å². The average Bonchev–Trinajstić information content (AvgIpc) is 3.11. The molecule has 4 rings (SSSR count). The number of benzene rings is 1. The first-order valence-corrected chi connectivity index (χ1v) is 9.34. The lowest BCUT2D eigenvalue weighted by atomic mass is 10.0. The molecule has 0 saturated carbocycles. The SMILES string of the molecule is O=C(Cc1cccs1)N1C(=O)C2CCCCN2C(=O)c2ccccc21. The highest BCUT2D eigenvalue weighted by Crippen LogP contribution is 2.32. The van der Waals surface area contributed by atoms with Gasteiger partial charge < -0.3 is 4.90 Å². The number of imide groups is 1. The molecular weight excluding hydrogens is 336 g/mol. The van der Waals surface area contributed by atoms with Crippen molar-refractivity contribution in [3.05, 3.63) is 52.2 Å². The molecule has 0 N–H and O–H groups in total. The summed E-state index contributed by atoms with van der Waals surface area (Å²) < 4.78 is 0. The Labute approximate surface area is 149 Å². The van der Waals surface area contributed by atoms with Crippen molar-refractivity contribution in [1.82, 2.24) is 4.90 Å². The number of anilines is 1. The summed E-state index contributed by atoms with van der Waals surface area (Å²) in [7, 11) is 0. The molecule has 1 atom stereocenters. The molecule has 6 heteroatoms. The Kier molecular flexibility index (Phi) is 4.13. The van der Waals surface area contributed by atoms with Crippen LogP contribution in [0.15, 0.2) is 41.8 Å². The van der Waals surface area contributed by atoms with Crippen molar-refractivity contribution >= 4 is 34.7 Å². The summed E-state index contributed by atoms with van der Waals surface area (Å²) in [5.74, 6) is -0.709. The number of carbonyl (C=O) groups excluding carboxylic acids is 3. The lowest BCUT2D eigenvalue weighted by Gasteiger charge is -2.34. The van der Waals surface area contributed by atoms with E-state index in [0.29, 0.717) is 24.2 Å². The van der Waals surface area contributed by atoms with Crippen LogP contribution in [0.5, 0.6) is 0 Å². The molecule has 0 spiro atoms. The van der Waals surface area contributed by atoms with E-state index in [9.17, 15) is 14.4 Å². The summed E-state index contributed by atoms with van der Waals surface area (Å²) in [6, 6.07) is 10.2. The largest absolute Gasteiger partial charge is 0.327 e. The third-order valence-electron chi connectivity index (χ3n) is 4.80. The number of thiophene rings is 1. The zero-order valence-electron chi connectivity index (χ0n) is 13.7. The van der Waals surface area contributed by atoms with Crippen molar-refractivity contribution < 1.29 is 14.4 Å². The van der Waals surface area contributed by atoms with Gasteiger partial charge >= 0.3 is 0 Å². The lowest BCUT2D eigenvalue weighted by Crippen LogP contribution is -2.52. The first-order valence-electron chi connectivity index (χ1n) is 8.46. The molecule has 1 unspecified atom stereocenters. The summed E-state index contributed by atoms with van der Waals surface area (Å²) in [5.41, 5.74) is 0.841. The second kappa shape index (κ2) is 6.44. The van der Waals surface area contributed by atoms with E-state index in [-0.39, 0.29) is 24.1 Å². The molecule has 5 nitrogen and oxygen atoms in total. The van der Waals surface area contributed by atoms with Gasteiger partial charge in [0.05, 0.1) is 17.7 Å². The molecule has 2 aromatic rings. The lowest BCUT2D eigenvalue weighted by molar-refractivity contribution is -0.129. The van der Waals surface area contributed by atoms with Crippen LogP contribution in [0.2, 0.25) is 0 Å². The Hall–Kier alpha value is -2.47. The van der Waals surface area contributed by atoms with Gasteiger partial charge in [0.15, 0.2) is 0 Å². The van der Waals surface area contributed by atoms with Crippen molar-refractivity contribution in [2.75, 3.05) is 11.4 Å². The predicted molar refractivity (Wildman–Crippen MR) is 95.6 cm³/mol. The number of nitrogens with zero attached hydrogens (tertiary/aromatic N) is 2. The number of hydrogen-bond donors (Lipinski definition) is 0. The molecule has 0 aliphatic carbocycles. The first-order chi connectivity index (χ1) is 12.2. The van der Waals surface area contributed by atoms with Crippen LogP contribution in [-0.4, -0.2) is 35.2 Å². The molecule has 2 aliphatic heterocycles. The molecule has 1 fully saturated rings. The van der Waals surface area contributed by atoms with Crippen LogP contribution >= 0.6 is 11.3 Å². The van der Waals surface area contributed by atoms with Crippen molar-refractivity contribution in [2.24, 2.45) is 0 Å². The monoisotopic (exact) mass is 354 g/mol. The smallest absolute Gasteiger partial charge is 0.256 e. The van der Waals surface area contributed by atoms with E-state index in [1.54, 1.807) is 29.2 Å². The van der Waals surface area contributed by atoms with E-state index in [1.165, 1.54) is 16.2 Å². The molecule has 3 heterocycles. The molecule has 1 aromatic heterocycles. The number of piperidine rings is 1. The normalized spacial score (nSPS) is 20.1. The minimum Gasteiger partial charge on any atom is -0.327 e. The van der Waals surface area contributed by atoms with Crippen LogP contribution in [0.4, 0.5) is 5.69 Å². The van der Waals surface area contributed by atoms with Gasteiger partial charge in [-0.3, -0.25) is 14.4 Å². The maximum absolute atomic E-state index is 13.2. The topological polar surface area (TPSA) is 57.7 Å². The minimum atomic E-state index is -0.541. The highest BCUT2D eigenvalue weighted by Gasteiger charge is 2.42. The minimum absolute atomic E-state index is 0.153. The quantitative estimate of drug-likeness (QED) is 0.833. The van der Waals surface area contributed by atoms with Gasteiger partial charge in [0.25, 0.3) is 11.8 Å². The van der Waals surface area contributed by atoms with Gasteiger partial charge in [-0.2, -0.15) is 0 Å². The van der Waals surface area contributed by atoms with Crippen molar-refractivity contribution in [2.45, 2.75) is 31.7 Å². The molecule has 1 aromatic carbocycles. The summed E-state index contributed by atoms with van der Waals surface area (Å²) in [4.78, 5) is 42.9. The molecule has 3 amide bonds. The molecule has 0 bridgehead atoms. The Balaban J connectivity index is 1.78.